The topological polar surface area (TPSA) is 20.6 Å². The molecule has 2 heterocycles. The largest absolute Gasteiger partial charge is 0.657 e. The van der Waals surface area contributed by atoms with Crippen molar-refractivity contribution in [2.24, 2.45) is 0 Å². The minimum atomic E-state index is -1.24. The second-order valence-corrected chi connectivity index (χ2v) is 20.1. The molecule has 47 heavy (non-hydrogen) atoms. The molecule has 5 aromatic rings. The zero-order chi connectivity index (χ0) is 33.3. The van der Waals surface area contributed by atoms with Gasteiger partial charge in [0.1, 0.15) is 0 Å². The van der Waals surface area contributed by atoms with E-state index in [-0.39, 0.29) is 22.4 Å². The Balaban J connectivity index is 0.000000236. The molecule has 0 aliphatic carbocycles. The van der Waals surface area contributed by atoms with Gasteiger partial charge >= 0.3 is 0 Å². The van der Waals surface area contributed by atoms with Crippen LogP contribution >= 0.6 is 0 Å². The third-order valence-corrected chi connectivity index (χ3v) is 11.2. The molecule has 1 aliphatic rings. The number of aromatic nitrogens is 1. The molecule has 1 aliphatic heterocycles. The van der Waals surface area contributed by atoms with Crippen LogP contribution in [0.2, 0.25) is 19.6 Å². The first-order chi connectivity index (χ1) is 21.8. The Morgan fingerprint density at radius 1 is 0.532 bits per heavy atom. The van der Waals surface area contributed by atoms with E-state index in [1.165, 1.54) is 49.6 Å². The van der Waals surface area contributed by atoms with Gasteiger partial charge in [0.15, 0.2) is 0 Å². The Bertz CT molecular complexity index is 1720. The van der Waals surface area contributed by atoms with Crippen molar-refractivity contribution < 1.29 is 22.4 Å². The van der Waals surface area contributed by atoms with Crippen molar-refractivity contribution in [1.29, 1.82) is 0 Å². The number of hydrogen-bond acceptors (Lipinski definition) is 2. The fraction of sp³-hybridized carbons (Fsp3) is 0.357. The molecule has 1 aromatic heterocycles. The minimum Gasteiger partial charge on any atom is -0.657 e. The fourth-order valence-electron chi connectivity index (χ4n) is 6.48. The second-order valence-electron chi connectivity index (χ2n) is 15.0. The summed E-state index contributed by atoms with van der Waals surface area (Å²) in [6.07, 6.45) is 4.43. The fourth-order valence-corrected chi connectivity index (χ4v) is 7.64. The van der Waals surface area contributed by atoms with Gasteiger partial charge in [-0.2, -0.15) is 0 Å². The van der Waals surface area contributed by atoms with Gasteiger partial charge in [-0.1, -0.05) is 159 Å². The average molecular weight is 825 g/mol. The van der Waals surface area contributed by atoms with E-state index in [9.17, 15) is 0 Å². The molecule has 4 aromatic carbocycles. The normalized spacial score (nSPS) is 13.3. The van der Waals surface area contributed by atoms with Gasteiger partial charge in [0.25, 0.3) is 0 Å². The van der Waals surface area contributed by atoms with Crippen molar-refractivity contribution in [3.05, 3.63) is 120 Å². The van der Waals surface area contributed by atoms with E-state index in [1.54, 1.807) is 0 Å². The molecule has 0 spiro atoms. The van der Waals surface area contributed by atoms with Crippen LogP contribution in [0.1, 0.15) is 101 Å². The van der Waals surface area contributed by atoms with Gasteiger partial charge in [-0.3, -0.25) is 0 Å². The summed E-state index contributed by atoms with van der Waals surface area (Å²) >= 11 is 0. The van der Waals surface area contributed by atoms with Gasteiger partial charge < -0.3 is 14.8 Å². The second kappa shape index (κ2) is 15.0. The summed E-state index contributed by atoms with van der Waals surface area (Å²) < 4.78 is 0. The Labute approximate surface area is 301 Å². The van der Waals surface area contributed by atoms with Gasteiger partial charge in [-0.15, -0.1) is 17.7 Å². The van der Waals surface area contributed by atoms with E-state index in [0.29, 0.717) is 23.7 Å². The maximum absolute atomic E-state index is 4.65. The van der Waals surface area contributed by atoms with Crippen LogP contribution in [0.25, 0.3) is 21.8 Å². The van der Waals surface area contributed by atoms with Gasteiger partial charge in [-0.25, -0.2) is 0 Å². The zero-order valence-electron chi connectivity index (χ0n) is 30.2. The summed E-state index contributed by atoms with van der Waals surface area (Å²) in [4.78, 5) is 9.30. The molecule has 0 saturated carbocycles. The number of fused-ring (bicyclic) bond motifs is 3. The molecule has 0 amide bonds. The van der Waals surface area contributed by atoms with Crippen molar-refractivity contribution in [3.8, 4) is 0 Å². The quantitative estimate of drug-likeness (QED) is 0.120. The van der Waals surface area contributed by atoms with E-state index in [0.717, 1.165) is 11.0 Å². The van der Waals surface area contributed by atoms with Crippen molar-refractivity contribution in [2.45, 2.75) is 98.7 Å². The van der Waals surface area contributed by atoms with Crippen molar-refractivity contribution in [1.82, 2.24) is 4.98 Å². The summed E-state index contributed by atoms with van der Waals surface area (Å²) in [5, 5.41) is 4.09. The standard InChI is InChI=1S/C27H37N2.C15H16NSi.Au/c1-18(2)22-11-9-12-23(19(3)4)26(22)28-15-16-29(17-28)27-24(20(5)6)13-10-14-25(27)21(7)8;1-17(2,3)11-8-9-15-13(10-11)12-6-4-5-7-14(12)16-15;/h9-21H,1-8H3;4-10H,1-3H3;/q2*-1;. The monoisotopic (exact) mass is 824 g/mol. The van der Waals surface area contributed by atoms with Crippen LogP contribution in [0.4, 0.5) is 11.4 Å². The smallest absolute Gasteiger partial charge is 0.0776 e. The molecule has 3 nitrogen and oxygen atoms in total. The molecule has 0 bridgehead atoms. The number of para-hydroxylation sites is 3. The first-order valence-corrected chi connectivity index (χ1v) is 20.6. The van der Waals surface area contributed by atoms with E-state index in [4.69, 9.17) is 0 Å². The summed E-state index contributed by atoms with van der Waals surface area (Å²) in [7, 11) is -1.24. The van der Waals surface area contributed by atoms with Gasteiger partial charge in [-0.05, 0) is 69.1 Å². The predicted octanol–water partition coefficient (Wildman–Crippen LogP) is 11.6. The van der Waals surface area contributed by atoms with Crippen molar-refractivity contribution >= 4 is 46.4 Å². The molecular weight excluding hydrogens is 772 g/mol. The first-order valence-electron chi connectivity index (χ1n) is 17.1. The molecule has 0 saturated heterocycles. The number of nitrogens with zero attached hydrogens (tertiary/aromatic N) is 3. The number of hydrogen-bond donors (Lipinski definition) is 0. The summed E-state index contributed by atoms with van der Waals surface area (Å²) in [6.45, 7) is 27.7. The third kappa shape index (κ3) is 7.83. The van der Waals surface area contributed by atoms with Crippen LogP contribution in [0.15, 0.2) is 91.3 Å². The molecule has 5 heteroatoms. The van der Waals surface area contributed by atoms with Crippen LogP contribution in [0.5, 0.6) is 0 Å². The zero-order valence-corrected chi connectivity index (χ0v) is 33.4. The number of anilines is 2. The van der Waals surface area contributed by atoms with E-state index >= 15 is 0 Å². The Morgan fingerprint density at radius 3 is 1.38 bits per heavy atom. The van der Waals surface area contributed by atoms with E-state index < -0.39 is 8.07 Å². The maximum Gasteiger partial charge on any atom is 0.0776 e. The molecule has 253 valence electrons. The Kier molecular flexibility index (Phi) is 11.8. The summed E-state index contributed by atoms with van der Waals surface area (Å²) in [5.41, 5.74) is 10.5. The van der Waals surface area contributed by atoms with Crippen molar-refractivity contribution in [2.75, 3.05) is 9.80 Å². The van der Waals surface area contributed by atoms with E-state index in [2.05, 4.69) is 182 Å². The van der Waals surface area contributed by atoms with Gasteiger partial charge in [0, 0.05) is 33.8 Å². The van der Waals surface area contributed by atoms with E-state index in [1.807, 2.05) is 6.07 Å². The molecule has 6 rings (SSSR count). The van der Waals surface area contributed by atoms with Crippen LogP contribution in [0.3, 0.4) is 0 Å². The summed E-state index contributed by atoms with van der Waals surface area (Å²) in [5.74, 6) is 1.92. The Hall–Kier alpha value is -3.02. The average Bonchev–Trinajstić information content (AvgIpc) is 3.65. The third-order valence-electron chi connectivity index (χ3n) is 9.14. The van der Waals surface area contributed by atoms with Crippen LogP contribution in [-0.2, 0) is 22.4 Å². The number of benzene rings is 4. The predicted molar refractivity (Wildman–Crippen MR) is 205 cm³/mol. The minimum absolute atomic E-state index is 0. The molecular formula is C42H53AuN3Si-2. The van der Waals surface area contributed by atoms with Crippen LogP contribution < -0.4 is 20.0 Å². The molecule has 1 radical (unpaired) electrons. The SMILES string of the molecule is CC(C)c1cccc(C(C)C)c1N1C=CN(c2c(C(C)C)cccc2C(C)C)[CH-]1.C[Si](C)(C)c1ccc2[n-]c3ccccc3c2c1.[Au]. The van der Waals surface area contributed by atoms with Crippen LogP contribution in [-0.4, -0.2) is 8.07 Å². The molecule has 0 N–H and O–H groups in total. The first kappa shape index (κ1) is 36.8. The van der Waals surface area contributed by atoms with Gasteiger partial charge in [0.05, 0.1) is 8.07 Å². The Morgan fingerprint density at radius 2 is 0.957 bits per heavy atom. The molecule has 0 atom stereocenters. The molecule has 0 fully saturated rings. The maximum atomic E-state index is 4.65. The van der Waals surface area contributed by atoms with Crippen LogP contribution in [0, 0.1) is 6.67 Å². The summed E-state index contributed by atoms with van der Waals surface area (Å²) in [6, 6.07) is 28.7. The molecule has 0 unspecified atom stereocenters. The van der Waals surface area contributed by atoms with Gasteiger partial charge in [0.2, 0.25) is 0 Å². The van der Waals surface area contributed by atoms with Crippen molar-refractivity contribution in [3.63, 3.8) is 0 Å². The number of rotatable bonds is 7.